The Morgan fingerprint density at radius 1 is 1.03 bits per heavy atom. The third-order valence-electron chi connectivity index (χ3n) is 4.84. The van der Waals surface area contributed by atoms with Crippen LogP contribution in [0.1, 0.15) is 26.6 Å². The molecule has 1 aliphatic rings. The van der Waals surface area contributed by atoms with Crippen molar-refractivity contribution in [3.63, 3.8) is 0 Å². The van der Waals surface area contributed by atoms with Crippen LogP contribution in [0.3, 0.4) is 0 Å². The number of carbonyl (C=O) groups excluding carboxylic acids is 2. The van der Waals surface area contributed by atoms with Crippen LogP contribution in [0.2, 0.25) is 0 Å². The zero-order valence-electron chi connectivity index (χ0n) is 15.8. The van der Waals surface area contributed by atoms with Crippen molar-refractivity contribution in [2.24, 2.45) is 0 Å². The zero-order valence-corrected chi connectivity index (χ0v) is 15.8. The summed E-state index contributed by atoms with van der Waals surface area (Å²) in [6.07, 6.45) is 6.52. The maximum Gasteiger partial charge on any atom is 0.289 e. The smallest absolute Gasteiger partial charge is 0.289 e. The molecule has 4 rings (SSSR count). The number of rotatable bonds is 5. The minimum absolute atomic E-state index is 0.0967. The van der Waals surface area contributed by atoms with Crippen LogP contribution >= 0.6 is 0 Å². The molecule has 3 aromatic heterocycles. The molecular formula is C21H21N5O3. The lowest BCUT2D eigenvalue weighted by atomic mass is 10.2. The molecule has 0 aromatic carbocycles. The van der Waals surface area contributed by atoms with E-state index in [0.29, 0.717) is 44.2 Å². The molecule has 8 nitrogen and oxygen atoms in total. The second-order valence-electron chi connectivity index (χ2n) is 6.69. The molecule has 1 aliphatic heterocycles. The lowest BCUT2D eigenvalue weighted by Crippen LogP contribution is -2.48. The van der Waals surface area contributed by atoms with E-state index in [-0.39, 0.29) is 11.8 Å². The first-order valence-corrected chi connectivity index (χ1v) is 9.41. The van der Waals surface area contributed by atoms with Gasteiger partial charge in [-0.1, -0.05) is 0 Å². The molecule has 0 radical (unpaired) electrons. The van der Waals surface area contributed by atoms with Crippen LogP contribution < -0.4 is 10.2 Å². The number of carbonyl (C=O) groups is 2. The highest BCUT2D eigenvalue weighted by Crippen LogP contribution is 2.18. The Hall–Kier alpha value is -3.68. The molecule has 29 heavy (non-hydrogen) atoms. The Labute approximate surface area is 168 Å². The number of nitrogens with one attached hydrogen (secondary N) is 1. The van der Waals surface area contributed by atoms with Gasteiger partial charge in [-0.05, 0) is 42.0 Å². The highest BCUT2D eigenvalue weighted by Gasteiger charge is 2.24. The maximum atomic E-state index is 12.5. The molecule has 148 valence electrons. The van der Waals surface area contributed by atoms with E-state index >= 15 is 0 Å². The number of hydrogen-bond acceptors (Lipinski definition) is 6. The van der Waals surface area contributed by atoms with Crippen LogP contribution in [0, 0.1) is 0 Å². The van der Waals surface area contributed by atoms with Crippen LogP contribution in [-0.2, 0) is 6.54 Å². The van der Waals surface area contributed by atoms with Crippen LogP contribution in [0.5, 0.6) is 0 Å². The zero-order chi connectivity index (χ0) is 20.1. The summed E-state index contributed by atoms with van der Waals surface area (Å²) < 4.78 is 5.20. The first-order valence-electron chi connectivity index (χ1n) is 9.41. The summed E-state index contributed by atoms with van der Waals surface area (Å²) in [5.74, 6) is 0.0337. The second-order valence-corrected chi connectivity index (χ2v) is 6.69. The largest absolute Gasteiger partial charge is 0.459 e. The van der Waals surface area contributed by atoms with E-state index in [0.717, 1.165) is 11.3 Å². The molecule has 1 saturated heterocycles. The van der Waals surface area contributed by atoms with Gasteiger partial charge < -0.3 is 19.5 Å². The number of anilines is 1. The first kappa shape index (κ1) is 18.7. The summed E-state index contributed by atoms with van der Waals surface area (Å²) in [5.41, 5.74) is 2.26. The first-order chi connectivity index (χ1) is 14.2. The molecule has 1 fully saturated rings. The van der Waals surface area contributed by atoms with E-state index in [4.69, 9.17) is 4.42 Å². The van der Waals surface area contributed by atoms with Gasteiger partial charge in [0.1, 0.15) is 5.69 Å². The standard InChI is InChI=1S/C21H21N5O3/c27-20(24-15-16-3-6-22-7-4-16)18-14-17(5-8-23-18)25-9-11-26(12-10-25)21(28)19-2-1-13-29-19/h1-8,13-14H,9-12,15H2,(H,24,27). The van der Waals surface area contributed by atoms with Crippen LogP contribution in [-0.4, -0.2) is 52.9 Å². The van der Waals surface area contributed by atoms with Crippen molar-refractivity contribution >= 4 is 17.5 Å². The number of aromatic nitrogens is 2. The average Bonchev–Trinajstić information content (AvgIpc) is 3.33. The average molecular weight is 391 g/mol. The lowest BCUT2D eigenvalue weighted by molar-refractivity contribution is 0.0714. The summed E-state index contributed by atoms with van der Waals surface area (Å²) in [7, 11) is 0. The van der Waals surface area contributed by atoms with Crippen molar-refractivity contribution in [1.29, 1.82) is 0 Å². The maximum absolute atomic E-state index is 12.5. The van der Waals surface area contributed by atoms with Gasteiger partial charge in [0.05, 0.1) is 6.26 Å². The molecule has 0 saturated carbocycles. The fraction of sp³-hybridized carbons (Fsp3) is 0.238. The Morgan fingerprint density at radius 2 is 1.83 bits per heavy atom. The monoisotopic (exact) mass is 391 g/mol. The molecule has 8 heteroatoms. The molecule has 1 N–H and O–H groups in total. The molecule has 4 heterocycles. The van der Waals surface area contributed by atoms with Crippen molar-refractivity contribution in [3.05, 3.63) is 78.3 Å². The van der Waals surface area contributed by atoms with Gasteiger partial charge in [0, 0.05) is 57.0 Å². The lowest BCUT2D eigenvalue weighted by Gasteiger charge is -2.35. The SMILES string of the molecule is O=C(NCc1ccncc1)c1cc(N2CCN(C(=O)c3ccco3)CC2)ccn1. The number of hydrogen-bond donors (Lipinski definition) is 1. The predicted octanol–water partition coefficient (Wildman–Crippen LogP) is 1.96. The van der Waals surface area contributed by atoms with E-state index in [1.54, 1.807) is 41.7 Å². The normalized spacial score (nSPS) is 13.9. The van der Waals surface area contributed by atoms with Crippen molar-refractivity contribution in [2.45, 2.75) is 6.54 Å². The molecule has 2 amide bonds. The van der Waals surface area contributed by atoms with Gasteiger partial charge in [0.2, 0.25) is 0 Å². The highest BCUT2D eigenvalue weighted by molar-refractivity contribution is 5.93. The van der Waals surface area contributed by atoms with E-state index in [2.05, 4.69) is 20.2 Å². The van der Waals surface area contributed by atoms with E-state index in [1.165, 1.54) is 6.26 Å². The Bertz CT molecular complexity index is 967. The Balaban J connectivity index is 1.35. The van der Waals surface area contributed by atoms with Gasteiger partial charge in [-0.25, -0.2) is 0 Å². The molecular weight excluding hydrogens is 370 g/mol. The third kappa shape index (κ3) is 4.43. The van der Waals surface area contributed by atoms with E-state index in [9.17, 15) is 9.59 Å². The predicted molar refractivity (Wildman–Crippen MR) is 106 cm³/mol. The van der Waals surface area contributed by atoms with E-state index in [1.807, 2.05) is 18.2 Å². The molecule has 0 atom stereocenters. The van der Waals surface area contributed by atoms with Crippen molar-refractivity contribution in [3.8, 4) is 0 Å². The molecule has 0 unspecified atom stereocenters. The second kappa shape index (κ2) is 8.55. The van der Waals surface area contributed by atoms with Crippen LogP contribution in [0.4, 0.5) is 5.69 Å². The third-order valence-corrected chi connectivity index (χ3v) is 4.84. The van der Waals surface area contributed by atoms with Gasteiger partial charge >= 0.3 is 0 Å². The summed E-state index contributed by atoms with van der Waals surface area (Å²) >= 11 is 0. The van der Waals surface area contributed by atoms with Gasteiger partial charge in [-0.2, -0.15) is 0 Å². The summed E-state index contributed by atoms with van der Waals surface area (Å²) in [6.45, 7) is 2.95. The fourth-order valence-electron chi connectivity index (χ4n) is 3.24. The fourth-order valence-corrected chi connectivity index (χ4v) is 3.24. The summed E-state index contributed by atoms with van der Waals surface area (Å²) in [5, 5.41) is 2.87. The number of nitrogens with zero attached hydrogens (tertiary/aromatic N) is 4. The molecule has 0 aliphatic carbocycles. The molecule has 3 aromatic rings. The minimum atomic E-state index is -0.227. The van der Waals surface area contributed by atoms with Crippen LogP contribution in [0.25, 0.3) is 0 Å². The van der Waals surface area contributed by atoms with Crippen molar-refractivity contribution in [2.75, 3.05) is 31.1 Å². The van der Waals surface area contributed by atoms with Gasteiger partial charge in [-0.15, -0.1) is 0 Å². The van der Waals surface area contributed by atoms with Gasteiger partial charge in [0.25, 0.3) is 11.8 Å². The van der Waals surface area contributed by atoms with E-state index < -0.39 is 0 Å². The van der Waals surface area contributed by atoms with Gasteiger partial charge in [-0.3, -0.25) is 19.6 Å². The Morgan fingerprint density at radius 3 is 2.55 bits per heavy atom. The summed E-state index contributed by atoms with van der Waals surface area (Å²) in [4.78, 5) is 36.9. The van der Waals surface area contributed by atoms with Crippen LogP contribution in [0.15, 0.2) is 65.7 Å². The number of pyridine rings is 2. The Kier molecular flexibility index (Phi) is 5.51. The number of furan rings is 1. The number of piperazine rings is 1. The van der Waals surface area contributed by atoms with Gasteiger partial charge in [0.15, 0.2) is 5.76 Å². The topological polar surface area (TPSA) is 91.6 Å². The summed E-state index contributed by atoms with van der Waals surface area (Å²) in [6, 6.07) is 10.8. The number of amides is 2. The molecule has 0 bridgehead atoms. The van der Waals surface area contributed by atoms with Crippen molar-refractivity contribution < 1.29 is 14.0 Å². The minimum Gasteiger partial charge on any atom is -0.459 e. The molecule has 0 spiro atoms. The van der Waals surface area contributed by atoms with Crippen molar-refractivity contribution in [1.82, 2.24) is 20.2 Å². The highest BCUT2D eigenvalue weighted by atomic mass is 16.3. The quantitative estimate of drug-likeness (QED) is 0.715.